The van der Waals surface area contributed by atoms with Crippen molar-refractivity contribution < 1.29 is 0 Å². The Bertz CT molecular complexity index is 660. The first-order valence-corrected chi connectivity index (χ1v) is 6.22. The number of nitrogens with one attached hydrogen (secondary N) is 1. The highest BCUT2D eigenvalue weighted by Crippen LogP contribution is 2.18. The van der Waals surface area contributed by atoms with Crippen molar-refractivity contribution in [1.29, 1.82) is 5.26 Å². The summed E-state index contributed by atoms with van der Waals surface area (Å²) in [6.45, 7) is 1.78. The highest BCUT2D eigenvalue weighted by Gasteiger charge is 2.01. The average molecular weight is 258 g/mol. The summed E-state index contributed by atoms with van der Waals surface area (Å²) < 4.78 is 0. The van der Waals surface area contributed by atoms with Crippen molar-refractivity contribution in [1.82, 2.24) is 15.0 Å². The number of thioether (sulfide) groups is 1. The van der Waals surface area contributed by atoms with E-state index in [1.54, 1.807) is 19.2 Å². The van der Waals surface area contributed by atoms with Crippen LogP contribution < -0.4 is 5.56 Å². The van der Waals surface area contributed by atoms with Crippen LogP contribution in [0.1, 0.15) is 17.0 Å². The number of nitrogens with zero attached hydrogens (tertiary/aromatic N) is 3. The maximum atomic E-state index is 11.3. The number of aryl methyl sites for hydroxylation is 1. The van der Waals surface area contributed by atoms with Crippen LogP contribution in [0.15, 0.2) is 34.3 Å². The van der Waals surface area contributed by atoms with Crippen molar-refractivity contribution in [2.45, 2.75) is 17.8 Å². The molecular formula is C12H10N4OS. The Morgan fingerprint density at radius 2 is 2.33 bits per heavy atom. The molecule has 5 nitrogen and oxygen atoms in total. The van der Waals surface area contributed by atoms with Crippen molar-refractivity contribution in [3.63, 3.8) is 0 Å². The van der Waals surface area contributed by atoms with Crippen molar-refractivity contribution >= 4 is 11.8 Å². The molecule has 0 saturated heterocycles. The Labute approximate surface area is 108 Å². The van der Waals surface area contributed by atoms with Crippen LogP contribution in [0.25, 0.3) is 0 Å². The quantitative estimate of drug-likeness (QED) is 0.668. The number of pyridine rings is 1. The minimum atomic E-state index is -0.155. The molecule has 0 bridgehead atoms. The Morgan fingerprint density at radius 1 is 1.50 bits per heavy atom. The van der Waals surface area contributed by atoms with Gasteiger partial charge in [0.2, 0.25) is 0 Å². The van der Waals surface area contributed by atoms with Crippen LogP contribution in [-0.2, 0) is 5.75 Å². The smallest absolute Gasteiger partial charge is 0.251 e. The maximum absolute atomic E-state index is 11.3. The highest BCUT2D eigenvalue weighted by molar-refractivity contribution is 7.98. The Balaban J connectivity index is 2.11. The van der Waals surface area contributed by atoms with Crippen LogP contribution in [0.3, 0.4) is 0 Å². The lowest BCUT2D eigenvalue weighted by Crippen LogP contribution is -2.08. The van der Waals surface area contributed by atoms with Gasteiger partial charge in [-0.3, -0.25) is 4.79 Å². The van der Waals surface area contributed by atoms with E-state index in [1.807, 2.05) is 12.1 Å². The van der Waals surface area contributed by atoms with Gasteiger partial charge in [-0.1, -0.05) is 11.8 Å². The fraction of sp³-hybridized carbons (Fsp3) is 0.167. The van der Waals surface area contributed by atoms with Gasteiger partial charge in [0.15, 0.2) is 5.16 Å². The van der Waals surface area contributed by atoms with Gasteiger partial charge in [-0.2, -0.15) is 5.26 Å². The Hall–Kier alpha value is -2.13. The fourth-order valence-corrected chi connectivity index (χ4v) is 2.26. The molecule has 2 aromatic rings. The van der Waals surface area contributed by atoms with Crippen LogP contribution in [0.5, 0.6) is 0 Å². The maximum Gasteiger partial charge on any atom is 0.251 e. The topological polar surface area (TPSA) is 82.4 Å². The molecule has 2 heterocycles. The fourth-order valence-electron chi connectivity index (χ4n) is 1.40. The summed E-state index contributed by atoms with van der Waals surface area (Å²) >= 11 is 1.42. The molecule has 0 fully saturated rings. The van der Waals surface area contributed by atoms with Crippen LogP contribution in [0, 0.1) is 18.3 Å². The molecule has 2 rings (SSSR count). The van der Waals surface area contributed by atoms with Crippen LogP contribution >= 0.6 is 11.8 Å². The van der Waals surface area contributed by atoms with E-state index < -0.39 is 0 Å². The molecule has 0 amide bonds. The molecule has 0 aromatic carbocycles. The molecule has 0 unspecified atom stereocenters. The van der Waals surface area contributed by atoms with Gasteiger partial charge in [0.25, 0.3) is 5.56 Å². The number of hydrogen-bond acceptors (Lipinski definition) is 5. The summed E-state index contributed by atoms with van der Waals surface area (Å²) in [5.74, 6) is 0.629. The zero-order valence-corrected chi connectivity index (χ0v) is 10.5. The predicted octanol–water partition coefficient (Wildman–Crippen LogP) is 1.64. The second kappa shape index (κ2) is 5.47. The van der Waals surface area contributed by atoms with Gasteiger partial charge in [0, 0.05) is 23.7 Å². The number of hydrogen-bond donors (Lipinski definition) is 1. The third kappa shape index (κ3) is 3.18. The van der Waals surface area contributed by atoms with Gasteiger partial charge < -0.3 is 4.98 Å². The lowest BCUT2D eigenvalue weighted by atomic mass is 10.2. The minimum Gasteiger partial charge on any atom is -0.301 e. The summed E-state index contributed by atoms with van der Waals surface area (Å²) in [7, 11) is 0. The largest absolute Gasteiger partial charge is 0.301 e. The molecule has 0 aliphatic rings. The van der Waals surface area contributed by atoms with E-state index >= 15 is 0 Å². The summed E-state index contributed by atoms with van der Waals surface area (Å²) in [5.41, 5.74) is 1.89. The molecule has 1 N–H and O–H groups in total. The second-order valence-electron chi connectivity index (χ2n) is 3.64. The molecular weight excluding hydrogens is 248 g/mol. The van der Waals surface area contributed by atoms with E-state index in [1.165, 1.54) is 17.8 Å². The average Bonchev–Trinajstić information content (AvgIpc) is 2.35. The molecule has 90 valence electrons. The summed E-state index contributed by atoms with van der Waals surface area (Å²) in [4.78, 5) is 22.0. The number of aromatic amines is 1. The lowest BCUT2D eigenvalue weighted by Gasteiger charge is -2.02. The lowest BCUT2D eigenvalue weighted by molar-refractivity contribution is 0.905. The van der Waals surface area contributed by atoms with E-state index in [2.05, 4.69) is 15.0 Å². The van der Waals surface area contributed by atoms with E-state index in [4.69, 9.17) is 5.26 Å². The normalized spacial score (nSPS) is 10.0. The van der Waals surface area contributed by atoms with Crippen molar-refractivity contribution in [2.24, 2.45) is 0 Å². The van der Waals surface area contributed by atoms with Crippen molar-refractivity contribution in [3.05, 3.63) is 51.7 Å². The molecule has 0 spiro atoms. The Kier molecular flexibility index (Phi) is 3.75. The standard InChI is InChI=1S/C12H10N4OS/c1-8-4-11(17)16-12(15-8)18-7-9-2-3-14-10(5-9)6-13/h2-5H,7H2,1H3,(H,15,16,17). The molecule has 2 aromatic heterocycles. The van der Waals surface area contributed by atoms with Gasteiger partial charge in [0.05, 0.1) is 0 Å². The van der Waals surface area contributed by atoms with E-state index in [-0.39, 0.29) is 5.56 Å². The van der Waals surface area contributed by atoms with Gasteiger partial charge in [-0.25, -0.2) is 9.97 Å². The van der Waals surface area contributed by atoms with E-state index in [0.29, 0.717) is 22.3 Å². The monoisotopic (exact) mass is 258 g/mol. The first-order valence-electron chi connectivity index (χ1n) is 5.23. The molecule has 0 aliphatic heterocycles. The molecule has 0 radical (unpaired) electrons. The number of H-pyrrole nitrogens is 1. The molecule has 0 atom stereocenters. The van der Waals surface area contributed by atoms with Crippen molar-refractivity contribution in [3.8, 4) is 6.07 Å². The number of nitriles is 1. The first-order chi connectivity index (χ1) is 8.67. The molecule has 0 saturated carbocycles. The van der Waals surface area contributed by atoms with Crippen molar-refractivity contribution in [2.75, 3.05) is 0 Å². The third-order valence-electron chi connectivity index (χ3n) is 2.16. The Morgan fingerprint density at radius 3 is 3.06 bits per heavy atom. The zero-order valence-electron chi connectivity index (χ0n) is 9.67. The van der Waals surface area contributed by atoms with E-state index in [0.717, 1.165) is 5.56 Å². The van der Waals surface area contributed by atoms with Crippen LogP contribution in [0.2, 0.25) is 0 Å². The molecule has 0 aliphatic carbocycles. The zero-order chi connectivity index (χ0) is 13.0. The van der Waals surface area contributed by atoms with Gasteiger partial charge in [-0.15, -0.1) is 0 Å². The van der Waals surface area contributed by atoms with Crippen LogP contribution in [0.4, 0.5) is 0 Å². The third-order valence-corrected chi connectivity index (χ3v) is 3.11. The van der Waals surface area contributed by atoms with Gasteiger partial charge in [0.1, 0.15) is 11.8 Å². The number of aromatic nitrogens is 3. The molecule has 18 heavy (non-hydrogen) atoms. The summed E-state index contributed by atoms with van der Waals surface area (Å²) in [5, 5.41) is 9.32. The van der Waals surface area contributed by atoms with E-state index in [9.17, 15) is 4.79 Å². The van der Waals surface area contributed by atoms with Crippen LogP contribution in [-0.4, -0.2) is 15.0 Å². The second-order valence-corrected chi connectivity index (χ2v) is 4.61. The number of rotatable bonds is 3. The highest BCUT2D eigenvalue weighted by atomic mass is 32.2. The summed E-state index contributed by atoms with van der Waals surface area (Å²) in [6.07, 6.45) is 1.60. The SMILES string of the molecule is Cc1cc(=O)[nH]c(SCc2ccnc(C#N)c2)n1. The summed E-state index contributed by atoms with van der Waals surface area (Å²) in [6, 6.07) is 7.00. The van der Waals surface area contributed by atoms with Gasteiger partial charge >= 0.3 is 0 Å². The predicted molar refractivity (Wildman–Crippen MR) is 68.1 cm³/mol. The molecule has 6 heteroatoms. The van der Waals surface area contributed by atoms with Gasteiger partial charge in [-0.05, 0) is 24.6 Å². The minimum absolute atomic E-state index is 0.155. The first kappa shape index (κ1) is 12.3.